The van der Waals surface area contributed by atoms with Gasteiger partial charge in [-0.3, -0.25) is 0 Å². The Bertz CT molecular complexity index is 671. The number of para-hydroxylation sites is 1. The third kappa shape index (κ3) is 3.36. The summed E-state index contributed by atoms with van der Waals surface area (Å²) in [6, 6.07) is 13.4. The van der Waals surface area contributed by atoms with Crippen LogP contribution in [0.25, 0.3) is 0 Å². The molecule has 0 saturated heterocycles. The molecule has 2 aromatic carbocycles. The van der Waals surface area contributed by atoms with Gasteiger partial charge in [-0.2, -0.15) is 0 Å². The zero-order valence-electron chi connectivity index (χ0n) is 13.7. The summed E-state index contributed by atoms with van der Waals surface area (Å²) in [5.41, 5.74) is 2.20. The number of nitrogens with zero attached hydrogens (tertiary/aromatic N) is 1. The highest BCUT2D eigenvalue weighted by Gasteiger charge is 2.26. The zero-order valence-corrected chi connectivity index (χ0v) is 13.7. The number of ether oxygens (including phenoxy) is 2. The summed E-state index contributed by atoms with van der Waals surface area (Å²) >= 11 is 0. The van der Waals surface area contributed by atoms with Crippen LogP contribution in [0.3, 0.4) is 0 Å². The molecule has 0 aromatic heterocycles. The Morgan fingerprint density at radius 2 is 2.09 bits per heavy atom. The van der Waals surface area contributed by atoms with Gasteiger partial charge in [-0.1, -0.05) is 25.1 Å². The molecule has 0 aliphatic carbocycles. The molecule has 0 fully saturated rings. The second-order valence-corrected chi connectivity index (χ2v) is 5.85. The quantitative estimate of drug-likeness (QED) is 0.915. The summed E-state index contributed by atoms with van der Waals surface area (Å²) in [6.07, 6.45) is 1.88. The highest BCUT2D eigenvalue weighted by atomic mass is 16.5. The Balaban J connectivity index is 1.84. The largest absolute Gasteiger partial charge is 0.508 e. The third-order valence-electron chi connectivity index (χ3n) is 4.14. The van der Waals surface area contributed by atoms with Crippen LogP contribution >= 0.6 is 0 Å². The van der Waals surface area contributed by atoms with E-state index in [1.54, 1.807) is 19.2 Å². The van der Waals surface area contributed by atoms with Gasteiger partial charge in [-0.15, -0.1) is 0 Å². The molecule has 1 atom stereocenters. The Morgan fingerprint density at radius 1 is 1.26 bits per heavy atom. The van der Waals surface area contributed by atoms with E-state index in [1.165, 1.54) is 0 Å². The molecule has 1 unspecified atom stereocenters. The van der Waals surface area contributed by atoms with E-state index >= 15 is 0 Å². The molecule has 1 heterocycles. The molecule has 3 rings (SSSR count). The van der Waals surface area contributed by atoms with Gasteiger partial charge in [0.1, 0.15) is 23.4 Å². The molecule has 122 valence electrons. The van der Waals surface area contributed by atoms with E-state index in [2.05, 4.69) is 17.9 Å². The Labute approximate surface area is 137 Å². The summed E-state index contributed by atoms with van der Waals surface area (Å²) in [6.45, 7) is 3.98. The van der Waals surface area contributed by atoms with Crippen LogP contribution in [0.4, 0.5) is 5.69 Å². The second-order valence-electron chi connectivity index (χ2n) is 5.85. The van der Waals surface area contributed by atoms with E-state index < -0.39 is 0 Å². The van der Waals surface area contributed by atoms with E-state index in [0.717, 1.165) is 48.7 Å². The van der Waals surface area contributed by atoms with Crippen molar-refractivity contribution in [1.29, 1.82) is 0 Å². The Kier molecular flexibility index (Phi) is 4.60. The highest BCUT2D eigenvalue weighted by molar-refractivity contribution is 5.62. The van der Waals surface area contributed by atoms with Gasteiger partial charge in [0.2, 0.25) is 0 Å². The van der Waals surface area contributed by atoms with Crippen LogP contribution in [0.1, 0.15) is 18.9 Å². The Morgan fingerprint density at radius 3 is 2.87 bits per heavy atom. The van der Waals surface area contributed by atoms with Gasteiger partial charge in [0.15, 0.2) is 0 Å². The summed E-state index contributed by atoms with van der Waals surface area (Å²) < 4.78 is 11.6. The lowest BCUT2D eigenvalue weighted by molar-refractivity contribution is 0.191. The fourth-order valence-corrected chi connectivity index (χ4v) is 3.12. The zero-order chi connectivity index (χ0) is 16.2. The Hall–Kier alpha value is -2.36. The lowest BCUT2D eigenvalue weighted by Gasteiger charge is -2.36. The normalized spacial score (nSPS) is 16.6. The van der Waals surface area contributed by atoms with E-state index in [9.17, 15) is 5.11 Å². The molecule has 0 amide bonds. The minimum absolute atomic E-state index is 0.0344. The molecule has 1 aliphatic heterocycles. The first-order valence-electron chi connectivity index (χ1n) is 8.07. The number of fused-ring (bicyclic) bond motifs is 1. The van der Waals surface area contributed by atoms with Crippen LogP contribution in [0.2, 0.25) is 0 Å². The third-order valence-corrected chi connectivity index (χ3v) is 4.14. The van der Waals surface area contributed by atoms with Crippen LogP contribution in [0.15, 0.2) is 42.5 Å². The summed E-state index contributed by atoms with van der Waals surface area (Å²) in [5.74, 6) is 1.88. The van der Waals surface area contributed by atoms with Crippen LogP contribution in [0, 0.1) is 0 Å². The molecule has 1 N–H and O–H groups in total. The monoisotopic (exact) mass is 313 g/mol. The minimum atomic E-state index is 0.0344. The van der Waals surface area contributed by atoms with E-state index in [1.807, 2.05) is 24.3 Å². The average molecular weight is 313 g/mol. The van der Waals surface area contributed by atoms with Crippen molar-refractivity contribution < 1.29 is 14.6 Å². The van der Waals surface area contributed by atoms with Gasteiger partial charge >= 0.3 is 0 Å². The number of hydrogen-bond donors (Lipinski definition) is 1. The summed E-state index contributed by atoms with van der Waals surface area (Å²) in [7, 11) is 1.69. The van der Waals surface area contributed by atoms with Crippen molar-refractivity contribution in [2.45, 2.75) is 25.9 Å². The fraction of sp³-hybridized carbons (Fsp3) is 0.368. The maximum atomic E-state index is 9.74. The molecular weight excluding hydrogens is 290 g/mol. The average Bonchev–Trinajstić information content (AvgIpc) is 2.55. The number of hydrogen-bond acceptors (Lipinski definition) is 4. The van der Waals surface area contributed by atoms with Crippen molar-refractivity contribution in [2.75, 3.05) is 25.1 Å². The van der Waals surface area contributed by atoms with Crippen LogP contribution < -0.4 is 14.4 Å². The van der Waals surface area contributed by atoms with Gasteiger partial charge < -0.3 is 19.5 Å². The SMILES string of the molecule is CCCN1CC(Cc2ccccc2OC)Oc2cc(O)ccc21. The number of methoxy groups -OCH3 is 1. The number of aromatic hydroxyl groups is 1. The molecule has 23 heavy (non-hydrogen) atoms. The van der Waals surface area contributed by atoms with Crippen molar-refractivity contribution in [3.63, 3.8) is 0 Å². The number of phenols is 1. The van der Waals surface area contributed by atoms with Gasteiger partial charge in [0.05, 0.1) is 19.3 Å². The molecule has 0 saturated carbocycles. The first-order chi connectivity index (χ1) is 11.2. The van der Waals surface area contributed by atoms with Crippen molar-refractivity contribution in [3.8, 4) is 17.2 Å². The van der Waals surface area contributed by atoms with Crippen molar-refractivity contribution >= 4 is 5.69 Å². The first-order valence-corrected chi connectivity index (χ1v) is 8.07. The predicted molar refractivity (Wildman–Crippen MR) is 91.7 cm³/mol. The smallest absolute Gasteiger partial charge is 0.146 e. The van der Waals surface area contributed by atoms with E-state index in [0.29, 0.717) is 0 Å². The summed E-state index contributed by atoms with van der Waals surface area (Å²) in [5, 5.41) is 9.74. The molecule has 0 spiro atoms. The van der Waals surface area contributed by atoms with Gasteiger partial charge in [-0.25, -0.2) is 0 Å². The number of anilines is 1. The predicted octanol–water partition coefficient (Wildman–Crippen LogP) is 3.62. The second kappa shape index (κ2) is 6.82. The van der Waals surface area contributed by atoms with Crippen LogP contribution in [-0.4, -0.2) is 31.4 Å². The molecule has 1 aliphatic rings. The molecule has 0 radical (unpaired) electrons. The number of benzene rings is 2. The first kappa shape index (κ1) is 15.5. The fourth-order valence-electron chi connectivity index (χ4n) is 3.12. The molecule has 4 nitrogen and oxygen atoms in total. The highest BCUT2D eigenvalue weighted by Crippen LogP contribution is 2.37. The number of rotatable bonds is 5. The van der Waals surface area contributed by atoms with Crippen LogP contribution in [0.5, 0.6) is 17.2 Å². The minimum Gasteiger partial charge on any atom is -0.508 e. The van der Waals surface area contributed by atoms with Gasteiger partial charge in [0, 0.05) is 19.0 Å². The lowest BCUT2D eigenvalue weighted by Crippen LogP contribution is -2.41. The molecule has 0 bridgehead atoms. The van der Waals surface area contributed by atoms with Crippen molar-refractivity contribution in [3.05, 3.63) is 48.0 Å². The van der Waals surface area contributed by atoms with Gasteiger partial charge in [0.25, 0.3) is 0 Å². The summed E-state index contributed by atoms with van der Waals surface area (Å²) in [4.78, 5) is 2.33. The van der Waals surface area contributed by atoms with Crippen molar-refractivity contribution in [2.24, 2.45) is 0 Å². The lowest BCUT2D eigenvalue weighted by atomic mass is 10.0. The van der Waals surface area contributed by atoms with Crippen molar-refractivity contribution in [1.82, 2.24) is 0 Å². The maximum Gasteiger partial charge on any atom is 0.146 e. The molecule has 2 aromatic rings. The molecular formula is C19H23NO3. The standard InChI is InChI=1S/C19H23NO3/c1-3-10-20-13-16(11-14-6-4-5-7-18(14)22-2)23-19-12-15(21)8-9-17(19)20/h4-9,12,16,21H,3,10-11,13H2,1-2H3. The molecule has 4 heteroatoms. The number of phenolic OH excluding ortho intramolecular Hbond substituents is 1. The van der Waals surface area contributed by atoms with Gasteiger partial charge in [-0.05, 0) is 30.2 Å². The maximum absolute atomic E-state index is 9.74. The van der Waals surface area contributed by atoms with E-state index in [4.69, 9.17) is 9.47 Å². The van der Waals surface area contributed by atoms with Crippen LogP contribution in [-0.2, 0) is 6.42 Å². The topological polar surface area (TPSA) is 41.9 Å². The van der Waals surface area contributed by atoms with E-state index in [-0.39, 0.29) is 11.9 Å².